The third kappa shape index (κ3) is 4.08. The van der Waals surface area contributed by atoms with E-state index in [1.54, 1.807) is 0 Å². The molecule has 1 aromatic carbocycles. The molecule has 2 aliphatic rings. The van der Waals surface area contributed by atoms with Crippen LogP contribution in [0, 0.1) is 11.6 Å². The van der Waals surface area contributed by atoms with Gasteiger partial charge in [0.15, 0.2) is 5.96 Å². The lowest BCUT2D eigenvalue weighted by molar-refractivity contribution is 0.412. The van der Waals surface area contributed by atoms with Crippen LogP contribution in [0.25, 0.3) is 0 Å². The number of halogens is 3. The molecule has 6 heteroatoms. The molecule has 2 atom stereocenters. The Kier molecular flexibility index (Phi) is 6.00. The summed E-state index contributed by atoms with van der Waals surface area (Å²) in [6.45, 7) is 0. The van der Waals surface area contributed by atoms with Gasteiger partial charge in [0, 0.05) is 17.5 Å². The number of aliphatic imine (C=N–C) groups is 1. The normalized spacial score (nSPS) is 25.5. The summed E-state index contributed by atoms with van der Waals surface area (Å²) in [6.07, 6.45) is 6.62. The van der Waals surface area contributed by atoms with E-state index < -0.39 is 11.6 Å². The number of guanidine groups is 1. The molecule has 0 heterocycles. The van der Waals surface area contributed by atoms with Gasteiger partial charge in [0.25, 0.3) is 0 Å². The highest BCUT2D eigenvalue weighted by Gasteiger charge is 2.42. The van der Waals surface area contributed by atoms with Crippen LogP contribution in [0.15, 0.2) is 23.2 Å². The van der Waals surface area contributed by atoms with Crippen molar-refractivity contribution in [2.24, 2.45) is 10.7 Å². The minimum Gasteiger partial charge on any atom is -0.370 e. The number of nitrogens with one attached hydrogen (secondary N) is 1. The third-order valence-corrected chi connectivity index (χ3v) is 4.39. The zero-order valence-electron chi connectivity index (χ0n) is 12.4. The smallest absolute Gasteiger partial charge is 0.189 e. The zero-order valence-corrected chi connectivity index (χ0v) is 14.7. The summed E-state index contributed by atoms with van der Waals surface area (Å²) in [5, 5.41) is 3.23. The summed E-state index contributed by atoms with van der Waals surface area (Å²) in [6, 6.07) is 4.26. The van der Waals surface area contributed by atoms with Crippen LogP contribution in [0.4, 0.5) is 8.78 Å². The zero-order chi connectivity index (χ0) is 14.8. The molecule has 3 nitrogen and oxygen atoms in total. The molecule has 3 N–H and O–H groups in total. The van der Waals surface area contributed by atoms with E-state index in [1.165, 1.54) is 37.5 Å². The van der Waals surface area contributed by atoms with E-state index in [0.29, 0.717) is 18.4 Å². The summed E-state index contributed by atoms with van der Waals surface area (Å²) >= 11 is 0. The fourth-order valence-electron chi connectivity index (χ4n) is 3.17. The molecule has 2 saturated carbocycles. The maximum atomic E-state index is 13.7. The van der Waals surface area contributed by atoms with Crippen molar-refractivity contribution in [2.45, 2.75) is 56.5 Å². The Morgan fingerprint density at radius 1 is 1.14 bits per heavy atom. The first kappa shape index (κ1) is 17.4. The monoisotopic (exact) mass is 421 g/mol. The molecule has 2 fully saturated rings. The predicted molar refractivity (Wildman–Crippen MR) is 94.6 cm³/mol. The van der Waals surface area contributed by atoms with E-state index in [2.05, 4.69) is 10.3 Å². The molecule has 2 aliphatic carbocycles. The van der Waals surface area contributed by atoms with Gasteiger partial charge < -0.3 is 11.1 Å². The number of benzene rings is 1. The van der Waals surface area contributed by atoms with E-state index in [1.807, 2.05) is 0 Å². The second kappa shape index (κ2) is 7.57. The first-order valence-corrected chi connectivity index (χ1v) is 7.69. The fraction of sp³-hybridized carbons (Fsp3) is 0.562. The fourth-order valence-corrected chi connectivity index (χ4v) is 3.17. The van der Waals surface area contributed by atoms with Crippen molar-refractivity contribution in [3.05, 3.63) is 35.4 Å². The van der Waals surface area contributed by atoms with Gasteiger partial charge in [0.1, 0.15) is 11.6 Å². The number of hydrogen-bond donors (Lipinski definition) is 2. The minimum atomic E-state index is -0.489. The Hall–Kier alpha value is -0.920. The average Bonchev–Trinajstić information content (AvgIpc) is 3.18. The van der Waals surface area contributed by atoms with E-state index in [9.17, 15) is 8.78 Å². The van der Waals surface area contributed by atoms with Crippen LogP contribution in [0.2, 0.25) is 0 Å². The van der Waals surface area contributed by atoms with Crippen molar-refractivity contribution in [1.29, 1.82) is 0 Å². The maximum absolute atomic E-state index is 13.7. The van der Waals surface area contributed by atoms with E-state index >= 15 is 0 Å². The Labute approximate surface area is 146 Å². The van der Waals surface area contributed by atoms with Crippen molar-refractivity contribution in [2.75, 3.05) is 0 Å². The Morgan fingerprint density at radius 2 is 1.77 bits per heavy atom. The Bertz CT molecular complexity index is 524. The van der Waals surface area contributed by atoms with Crippen LogP contribution in [-0.4, -0.2) is 18.0 Å². The van der Waals surface area contributed by atoms with Crippen molar-refractivity contribution in [3.63, 3.8) is 0 Å². The number of rotatable bonds is 3. The number of nitrogens with zero attached hydrogens (tertiary/aromatic N) is 1. The molecule has 0 amide bonds. The number of nitrogens with two attached hydrogens (primary N) is 1. The molecule has 0 saturated heterocycles. The van der Waals surface area contributed by atoms with Gasteiger partial charge in [-0.15, -0.1) is 24.0 Å². The standard InChI is InChI=1S/C16H21F2N3.HI/c17-12-7-4-8-13(18)15(12)11-9-14(11)21-16(19)20-10-5-2-1-3-6-10;/h4,7-8,10-11,14H,1-3,5-6,9H2,(H3,19,20,21);1H. The van der Waals surface area contributed by atoms with Gasteiger partial charge in [-0.25, -0.2) is 13.8 Å². The minimum absolute atomic E-state index is 0. The SMILES string of the molecule is I.NC(=NC1CC1c1c(F)cccc1F)NC1CCCCC1. The van der Waals surface area contributed by atoms with Gasteiger partial charge >= 0.3 is 0 Å². The number of hydrogen-bond acceptors (Lipinski definition) is 1. The largest absolute Gasteiger partial charge is 0.370 e. The summed E-state index contributed by atoms with van der Waals surface area (Å²) in [5.74, 6) is -0.753. The van der Waals surface area contributed by atoms with E-state index in [4.69, 9.17) is 5.73 Å². The molecule has 0 aliphatic heterocycles. The molecule has 1 aromatic rings. The molecule has 2 unspecified atom stereocenters. The van der Waals surface area contributed by atoms with Crippen LogP contribution < -0.4 is 11.1 Å². The summed E-state index contributed by atoms with van der Waals surface area (Å²) in [5.41, 5.74) is 6.06. The van der Waals surface area contributed by atoms with E-state index in [-0.39, 0.29) is 41.5 Å². The van der Waals surface area contributed by atoms with Gasteiger partial charge in [0.05, 0.1) is 6.04 Å². The lowest BCUT2D eigenvalue weighted by Gasteiger charge is -2.23. The van der Waals surface area contributed by atoms with Crippen LogP contribution in [0.3, 0.4) is 0 Å². The second-order valence-corrected chi connectivity index (χ2v) is 6.04. The van der Waals surface area contributed by atoms with Crippen LogP contribution in [-0.2, 0) is 0 Å². The predicted octanol–water partition coefficient (Wildman–Crippen LogP) is 3.68. The molecule has 0 aromatic heterocycles. The van der Waals surface area contributed by atoms with Gasteiger partial charge in [0.2, 0.25) is 0 Å². The molecule has 122 valence electrons. The second-order valence-electron chi connectivity index (χ2n) is 6.04. The topological polar surface area (TPSA) is 50.4 Å². The first-order chi connectivity index (χ1) is 10.1. The molecule has 0 radical (unpaired) electrons. The third-order valence-electron chi connectivity index (χ3n) is 4.39. The Balaban J connectivity index is 0.00000176. The highest BCUT2D eigenvalue weighted by atomic mass is 127. The van der Waals surface area contributed by atoms with Gasteiger partial charge in [-0.05, 0) is 31.4 Å². The quantitative estimate of drug-likeness (QED) is 0.445. The molecule has 22 heavy (non-hydrogen) atoms. The lowest BCUT2D eigenvalue weighted by Crippen LogP contribution is -2.41. The van der Waals surface area contributed by atoms with Crippen LogP contribution in [0.5, 0.6) is 0 Å². The molecular formula is C16H22F2IN3. The summed E-state index contributed by atoms with van der Waals surface area (Å²) in [4.78, 5) is 4.37. The van der Waals surface area contributed by atoms with Gasteiger partial charge in [-0.1, -0.05) is 25.3 Å². The lowest BCUT2D eigenvalue weighted by atomic mass is 9.96. The van der Waals surface area contributed by atoms with Gasteiger partial charge in [-0.2, -0.15) is 0 Å². The van der Waals surface area contributed by atoms with Crippen molar-refractivity contribution in [3.8, 4) is 0 Å². The summed E-state index contributed by atoms with van der Waals surface area (Å²) < 4.78 is 27.4. The van der Waals surface area contributed by atoms with E-state index in [0.717, 1.165) is 12.8 Å². The van der Waals surface area contributed by atoms with Gasteiger partial charge in [-0.3, -0.25) is 0 Å². The average molecular weight is 421 g/mol. The molecule has 3 rings (SSSR count). The molecule has 0 spiro atoms. The molecule has 0 bridgehead atoms. The van der Waals surface area contributed by atoms with Crippen LogP contribution >= 0.6 is 24.0 Å². The first-order valence-electron chi connectivity index (χ1n) is 7.69. The summed E-state index contributed by atoms with van der Waals surface area (Å²) in [7, 11) is 0. The highest BCUT2D eigenvalue weighted by molar-refractivity contribution is 14.0. The maximum Gasteiger partial charge on any atom is 0.189 e. The molecular weight excluding hydrogens is 399 g/mol. The highest BCUT2D eigenvalue weighted by Crippen LogP contribution is 2.45. The van der Waals surface area contributed by atoms with Crippen molar-refractivity contribution in [1.82, 2.24) is 5.32 Å². The van der Waals surface area contributed by atoms with Crippen molar-refractivity contribution >= 4 is 29.9 Å². The van der Waals surface area contributed by atoms with Crippen LogP contribution in [0.1, 0.15) is 50.0 Å². The Morgan fingerprint density at radius 3 is 2.41 bits per heavy atom. The van der Waals surface area contributed by atoms with Crippen molar-refractivity contribution < 1.29 is 8.78 Å².